The van der Waals surface area contributed by atoms with E-state index in [1.807, 2.05) is 13.0 Å². The van der Waals surface area contributed by atoms with Crippen LogP contribution >= 0.6 is 11.8 Å². The van der Waals surface area contributed by atoms with Crippen LogP contribution in [0.2, 0.25) is 0 Å². The van der Waals surface area contributed by atoms with E-state index in [1.165, 1.54) is 18.5 Å². The molecule has 0 aliphatic carbocycles. The van der Waals surface area contributed by atoms with Crippen molar-refractivity contribution in [1.29, 1.82) is 5.26 Å². The van der Waals surface area contributed by atoms with Gasteiger partial charge in [0, 0.05) is 13.1 Å². The second-order valence-electron chi connectivity index (χ2n) is 6.36. The zero-order chi connectivity index (χ0) is 23.1. The fourth-order valence-electron chi connectivity index (χ4n) is 2.67. The van der Waals surface area contributed by atoms with E-state index in [0.29, 0.717) is 33.7 Å². The number of benzene rings is 2. The molecule has 1 N–H and O–H groups in total. The lowest BCUT2D eigenvalue weighted by molar-refractivity contribution is -0.387. The molecular formula is C21H18N6O4S. The monoisotopic (exact) mass is 450 g/mol. The maximum absolute atomic E-state index is 12.6. The molecule has 0 unspecified atom stereocenters. The molecule has 2 aromatic carbocycles. The molecular weight excluding hydrogens is 432 g/mol. The lowest BCUT2D eigenvalue weighted by Crippen LogP contribution is -2.14. The van der Waals surface area contributed by atoms with Crippen LogP contribution in [0.25, 0.3) is 6.08 Å². The second kappa shape index (κ2) is 10.2. The molecule has 1 heterocycles. The van der Waals surface area contributed by atoms with Gasteiger partial charge in [0.2, 0.25) is 0 Å². The number of nitrogens with one attached hydrogen (secondary N) is 1. The predicted molar refractivity (Wildman–Crippen MR) is 118 cm³/mol. The summed E-state index contributed by atoms with van der Waals surface area (Å²) in [7, 11) is 1.73. The number of amides is 1. The van der Waals surface area contributed by atoms with Crippen molar-refractivity contribution in [2.75, 3.05) is 11.9 Å². The molecule has 0 aliphatic heterocycles. The quantitative estimate of drug-likeness (QED) is 0.237. The SMILES string of the molecule is CCOc1ccccc1NC(=O)C(C#N)=Cc1ccc(Sc2nncn2C)c([N+](=O)[O-])c1. The zero-order valence-electron chi connectivity index (χ0n) is 17.2. The van der Waals surface area contributed by atoms with Gasteiger partial charge >= 0.3 is 0 Å². The Labute approximate surface area is 187 Å². The minimum Gasteiger partial charge on any atom is -0.492 e. The Morgan fingerprint density at radius 2 is 2.16 bits per heavy atom. The number of para-hydroxylation sites is 2. The number of carbonyl (C=O) groups excluding carboxylic acids is 1. The van der Waals surface area contributed by atoms with E-state index in [4.69, 9.17) is 4.74 Å². The summed E-state index contributed by atoms with van der Waals surface area (Å²) in [6.07, 6.45) is 2.79. The van der Waals surface area contributed by atoms with Crippen LogP contribution in [-0.2, 0) is 11.8 Å². The minimum absolute atomic E-state index is 0.175. The Morgan fingerprint density at radius 1 is 1.38 bits per heavy atom. The highest BCUT2D eigenvalue weighted by molar-refractivity contribution is 7.99. The fraction of sp³-hybridized carbons (Fsp3) is 0.143. The van der Waals surface area contributed by atoms with Gasteiger partial charge in [-0.3, -0.25) is 14.9 Å². The van der Waals surface area contributed by atoms with Gasteiger partial charge in [-0.05, 0) is 48.5 Å². The van der Waals surface area contributed by atoms with Crippen LogP contribution in [0.15, 0.2) is 64.4 Å². The number of nitrogens with zero attached hydrogens (tertiary/aromatic N) is 5. The number of aryl methyl sites for hydroxylation is 1. The van der Waals surface area contributed by atoms with Crippen molar-refractivity contribution in [3.8, 4) is 11.8 Å². The van der Waals surface area contributed by atoms with E-state index in [1.54, 1.807) is 48.0 Å². The van der Waals surface area contributed by atoms with Gasteiger partial charge in [-0.15, -0.1) is 10.2 Å². The topological polar surface area (TPSA) is 136 Å². The summed E-state index contributed by atoms with van der Waals surface area (Å²) in [6.45, 7) is 2.23. The number of aromatic nitrogens is 3. The van der Waals surface area contributed by atoms with Crippen molar-refractivity contribution in [1.82, 2.24) is 14.8 Å². The highest BCUT2D eigenvalue weighted by Crippen LogP contribution is 2.34. The molecule has 0 bridgehead atoms. The summed E-state index contributed by atoms with van der Waals surface area (Å²) < 4.78 is 7.11. The van der Waals surface area contributed by atoms with Gasteiger partial charge < -0.3 is 14.6 Å². The van der Waals surface area contributed by atoms with Gasteiger partial charge in [0.1, 0.15) is 23.7 Å². The van der Waals surface area contributed by atoms with Crippen molar-refractivity contribution in [2.45, 2.75) is 17.0 Å². The van der Waals surface area contributed by atoms with Crippen molar-refractivity contribution in [2.24, 2.45) is 7.05 Å². The Balaban J connectivity index is 1.87. The first-order valence-electron chi connectivity index (χ1n) is 9.38. The van der Waals surface area contributed by atoms with Crippen LogP contribution in [-0.4, -0.2) is 32.2 Å². The molecule has 0 saturated heterocycles. The van der Waals surface area contributed by atoms with Crippen molar-refractivity contribution >= 4 is 35.1 Å². The number of rotatable bonds is 8. The first kappa shape index (κ1) is 22.5. The first-order chi connectivity index (χ1) is 15.4. The third-order valence-corrected chi connectivity index (χ3v) is 5.28. The normalized spacial score (nSPS) is 11.0. The summed E-state index contributed by atoms with van der Waals surface area (Å²) >= 11 is 1.09. The van der Waals surface area contributed by atoms with Crippen LogP contribution in [0.5, 0.6) is 5.75 Å². The molecule has 0 radical (unpaired) electrons. The number of nitriles is 1. The van der Waals surface area contributed by atoms with E-state index < -0.39 is 10.8 Å². The molecule has 0 fully saturated rings. The highest BCUT2D eigenvalue weighted by atomic mass is 32.2. The van der Waals surface area contributed by atoms with E-state index in [2.05, 4.69) is 15.5 Å². The van der Waals surface area contributed by atoms with Crippen molar-refractivity contribution < 1.29 is 14.5 Å². The Kier molecular flexibility index (Phi) is 7.20. The molecule has 10 nitrogen and oxygen atoms in total. The summed E-state index contributed by atoms with van der Waals surface area (Å²) in [5.74, 6) is -0.179. The van der Waals surface area contributed by atoms with Gasteiger partial charge in [-0.2, -0.15) is 5.26 Å². The Bertz CT molecular complexity index is 1230. The van der Waals surface area contributed by atoms with Crippen LogP contribution in [0.3, 0.4) is 0 Å². The summed E-state index contributed by atoms with van der Waals surface area (Å²) in [5.41, 5.74) is 0.371. The van der Waals surface area contributed by atoms with Gasteiger partial charge in [-0.25, -0.2) is 0 Å². The summed E-state index contributed by atoms with van der Waals surface area (Å²) in [5, 5.41) is 31.9. The molecule has 0 spiro atoms. The van der Waals surface area contributed by atoms with Gasteiger partial charge in [0.05, 0.1) is 22.1 Å². The lowest BCUT2D eigenvalue weighted by Gasteiger charge is -2.10. The number of nitro groups is 1. The Hall–Kier alpha value is -4.17. The van der Waals surface area contributed by atoms with Crippen LogP contribution < -0.4 is 10.1 Å². The number of carbonyl (C=O) groups is 1. The molecule has 32 heavy (non-hydrogen) atoms. The van der Waals surface area contributed by atoms with E-state index >= 15 is 0 Å². The van der Waals surface area contributed by atoms with Crippen LogP contribution in [0, 0.1) is 21.4 Å². The average molecular weight is 450 g/mol. The second-order valence-corrected chi connectivity index (χ2v) is 7.37. The van der Waals surface area contributed by atoms with E-state index in [-0.39, 0.29) is 11.3 Å². The summed E-state index contributed by atoms with van der Waals surface area (Å²) in [4.78, 5) is 24.0. The summed E-state index contributed by atoms with van der Waals surface area (Å²) in [6, 6.07) is 13.1. The third kappa shape index (κ3) is 5.30. The molecule has 0 aliphatic rings. The maximum Gasteiger partial charge on any atom is 0.283 e. The molecule has 3 rings (SSSR count). The van der Waals surface area contributed by atoms with E-state index in [0.717, 1.165) is 11.8 Å². The van der Waals surface area contributed by atoms with Gasteiger partial charge in [0.15, 0.2) is 5.16 Å². The standard InChI is InChI=1S/C21H18N6O4S/c1-3-31-18-7-5-4-6-16(18)24-20(28)15(12-22)10-14-8-9-19(17(11-14)27(29)30)32-21-25-23-13-26(21)2/h4-11,13H,3H2,1-2H3,(H,24,28). The van der Waals surface area contributed by atoms with Crippen molar-refractivity contribution in [3.05, 3.63) is 70.0 Å². The van der Waals surface area contributed by atoms with Gasteiger partial charge in [-0.1, -0.05) is 18.2 Å². The molecule has 0 atom stereocenters. The molecule has 11 heteroatoms. The Morgan fingerprint density at radius 3 is 2.81 bits per heavy atom. The number of hydrogen-bond donors (Lipinski definition) is 1. The number of nitro benzene ring substituents is 1. The number of hydrogen-bond acceptors (Lipinski definition) is 8. The van der Waals surface area contributed by atoms with Crippen molar-refractivity contribution in [3.63, 3.8) is 0 Å². The average Bonchev–Trinajstić information content (AvgIpc) is 3.18. The minimum atomic E-state index is -0.653. The van der Waals surface area contributed by atoms with Crippen LogP contribution in [0.4, 0.5) is 11.4 Å². The largest absolute Gasteiger partial charge is 0.492 e. The molecule has 1 aromatic heterocycles. The fourth-order valence-corrected chi connectivity index (χ4v) is 3.52. The molecule has 162 valence electrons. The zero-order valence-corrected chi connectivity index (χ0v) is 18.0. The lowest BCUT2D eigenvalue weighted by atomic mass is 10.1. The molecule has 1 amide bonds. The third-order valence-electron chi connectivity index (χ3n) is 4.16. The van der Waals surface area contributed by atoms with E-state index in [9.17, 15) is 20.2 Å². The highest BCUT2D eigenvalue weighted by Gasteiger charge is 2.19. The maximum atomic E-state index is 12.6. The van der Waals surface area contributed by atoms with Gasteiger partial charge in [0.25, 0.3) is 11.6 Å². The molecule has 3 aromatic rings. The molecule has 0 saturated carbocycles. The number of ether oxygens (including phenoxy) is 1. The predicted octanol–water partition coefficient (Wildman–Crippen LogP) is 3.82. The number of anilines is 1. The van der Waals surface area contributed by atoms with Crippen LogP contribution in [0.1, 0.15) is 12.5 Å². The first-order valence-corrected chi connectivity index (χ1v) is 10.2. The smallest absolute Gasteiger partial charge is 0.283 e.